The fourth-order valence-corrected chi connectivity index (χ4v) is 3.67. The Morgan fingerprint density at radius 3 is 2.78 bits per heavy atom. The van der Waals surface area contributed by atoms with Crippen LogP contribution in [-0.4, -0.2) is 27.5 Å². The van der Waals surface area contributed by atoms with Crippen LogP contribution in [0.1, 0.15) is 47.1 Å². The Morgan fingerprint density at radius 2 is 1.96 bits per heavy atom. The van der Waals surface area contributed by atoms with E-state index in [1.165, 1.54) is 0 Å². The lowest BCUT2D eigenvalue weighted by Crippen LogP contribution is -2.39. The van der Waals surface area contributed by atoms with Crippen LogP contribution < -0.4 is 0 Å². The Morgan fingerprint density at radius 1 is 1.15 bits per heavy atom. The van der Waals surface area contributed by atoms with Crippen LogP contribution in [0.15, 0.2) is 53.1 Å². The third-order valence-electron chi connectivity index (χ3n) is 5.02. The van der Waals surface area contributed by atoms with Crippen molar-refractivity contribution in [3.63, 3.8) is 0 Å². The molecule has 6 heteroatoms. The summed E-state index contributed by atoms with van der Waals surface area (Å²) < 4.78 is 5.55. The lowest BCUT2D eigenvalue weighted by molar-refractivity contribution is 0.0560. The maximum atomic E-state index is 13.2. The van der Waals surface area contributed by atoms with Gasteiger partial charge in [-0.15, -0.1) is 0 Å². The summed E-state index contributed by atoms with van der Waals surface area (Å²) in [5.41, 5.74) is 2.31. The van der Waals surface area contributed by atoms with Gasteiger partial charge in [-0.25, -0.2) is 0 Å². The molecule has 1 fully saturated rings. The predicted octanol–water partition coefficient (Wildman–Crippen LogP) is 5.07. The molecular weight excluding hydrogens is 362 g/mol. The highest BCUT2D eigenvalue weighted by Crippen LogP contribution is 2.33. The van der Waals surface area contributed by atoms with Gasteiger partial charge >= 0.3 is 0 Å². The van der Waals surface area contributed by atoms with Gasteiger partial charge in [0.2, 0.25) is 11.7 Å². The summed E-state index contributed by atoms with van der Waals surface area (Å²) in [4.78, 5) is 19.6. The average molecular weight is 382 g/mol. The summed E-state index contributed by atoms with van der Waals surface area (Å²) in [6, 6.07) is 14.9. The molecule has 0 N–H and O–H groups in total. The molecule has 1 aromatic heterocycles. The van der Waals surface area contributed by atoms with Crippen LogP contribution in [0.2, 0.25) is 5.02 Å². The van der Waals surface area contributed by atoms with Crippen LogP contribution >= 0.6 is 11.6 Å². The molecule has 2 aromatic carbocycles. The van der Waals surface area contributed by atoms with Gasteiger partial charge in [-0.1, -0.05) is 53.2 Å². The van der Waals surface area contributed by atoms with Crippen molar-refractivity contribution in [1.82, 2.24) is 15.0 Å². The van der Waals surface area contributed by atoms with Gasteiger partial charge in [0, 0.05) is 22.7 Å². The second-order valence-corrected chi connectivity index (χ2v) is 7.15. The summed E-state index contributed by atoms with van der Waals surface area (Å²) in [5.74, 6) is 0.989. The first-order valence-electron chi connectivity index (χ1n) is 9.10. The minimum atomic E-state index is -0.213. The van der Waals surface area contributed by atoms with Gasteiger partial charge in [-0.2, -0.15) is 4.98 Å². The second kappa shape index (κ2) is 7.53. The number of hydrogen-bond donors (Lipinski definition) is 0. The van der Waals surface area contributed by atoms with Crippen LogP contribution in [0.4, 0.5) is 0 Å². The average Bonchev–Trinajstić information content (AvgIpc) is 3.20. The summed E-state index contributed by atoms with van der Waals surface area (Å²) in [6.07, 6.45) is 2.79. The molecule has 138 valence electrons. The van der Waals surface area contributed by atoms with Gasteiger partial charge in [-0.3, -0.25) is 4.79 Å². The zero-order valence-electron chi connectivity index (χ0n) is 15.1. The lowest BCUT2D eigenvalue weighted by atomic mass is 9.99. The Labute approximate surface area is 163 Å². The van der Waals surface area contributed by atoms with Crippen molar-refractivity contribution >= 4 is 17.5 Å². The van der Waals surface area contributed by atoms with Crippen LogP contribution in [-0.2, 0) is 0 Å². The Kier molecular flexibility index (Phi) is 4.94. The predicted molar refractivity (Wildman–Crippen MR) is 104 cm³/mol. The number of aromatic nitrogens is 2. The third kappa shape index (κ3) is 3.47. The maximum Gasteiger partial charge on any atom is 0.254 e. The first kappa shape index (κ1) is 17.7. The normalized spacial score (nSPS) is 17.1. The van der Waals surface area contributed by atoms with E-state index < -0.39 is 0 Å². The molecule has 1 aliphatic rings. The molecule has 5 nitrogen and oxygen atoms in total. The second-order valence-electron chi connectivity index (χ2n) is 6.74. The molecule has 0 saturated carbocycles. The Hall–Kier alpha value is -2.66. The first-order valence-corrected chi connectivity index (χ1v) is 9.48. The highest BCUT2D eigenvalue weighted by molar-refractivity contribution is 6.31. The molecule has 0 radical (unpaired) electrons. The molecule has 2 heterocycles. The molecule has 27 heavy (non-hydrogen) atoms. The lowest BCUT2D eigenvalue weighted by Gasteiger charge is -2.33. The van der Waals surface area contributed by atoms with E-state index in [-0.39, 0.29) is 11.9 Å². The molecule has 1 amide bonds. The summed E-state index contributed by atoms with van der Waals surface area (Å²) >= 11 is 6.21. The summed E-state index contributed by atoms with van der Waals surface area (Å²) in [5, 5.41) is 4.71. The van der Waals surface area contributed by atoms with Crippen molar-refractivity contribution in [2.75, 3.05) is 6.54 Å². The number of carbonyl (C=O) groups excluding carboxylic acids is 1. The molecule has 1 saturated heterocycles. The zero-order valence-corrected chi connectivity index (χ0v) is 15.8. The summed E-state index contributed by atoms with van der Waals surface area (Å²) in [6.45, 7) is 2.53. The molecule has 3 aromatic rings. The number of nitrogens with zero attached hydrogens (tertiary/aromatic N) is 3. The SMILES string of the molecule is Cc1c(Cl)cccc1C(=O)N1CCCC[C@@H]1c1nc(-c2ccccc2)no1. The molecule has 0 spiro atoms. The molecular formula is C21H20ClN3O2. The van der Waals surface area contributed by atoms with E-state index in [2.05, 4.69) is 10.1 Å². The van der Waals surface area contributed by atoms with E-state index in [4.69, 9.17) is 16.1 Å². The van der Waals surface area contributed by atoms with Crippen molar-refractivity contribution in [1.29, 1.82) is 0 Å². The van der Waals surface area contributed by atoms with Gasteiger partial charge in [0.25, 0.3) is 5.91 Å². The first-order chi connectivity index (χ1) is 13.1. The van der Waals surface area contributed by atoms with Crippen molar-refractivity contribution in [2.45, 2.75) is 32.2 Å². The number of likely N-dealkylation sites (tertiary alicyclic amines) is 1. The number of rotatable bonds is 3. The standard InChI is InChI=1S/C21H20ClN3O2/c1-14-16(10-7-11-17(14)22)21(26)25-13-6-5-12-18(25)20-23-19(24-27-20)15-8-3-2-4-9-15/h2-4,7-11,18H,5-6,12-13H2,1H3/t18-/m1/s1. The van der Waals surface area contributed by atoms with Crippen LogP contribution in [0.3, 0.4) is 0 Å². The molecule has 1 aliphatic heterocycles. The van der Waals surface area contributed by atoms with E-state index in [0.29, 0.717) is 28.8 Å². The van der Waals surface area contributed by atoms with E-state index in [9.17, 15) is 4.79 Å². The van der Waals surface area contributed by atoms with Crippen LogP contribution in [0, 0.1) is 6.92 Å². The molecule has 0 bridgehead atoms. The fourth-order valence-electron chi connectivity index (χ4n) is 3.50. The van der Waals surface area contributed by atoms with Gasteiger partial charge in [0.05, 0.1) is 0 Å². The molecule has 4 rings (SSSR count). The van der Waals surface area contributed by atoms with Gasteiger partial charge in [-0.05, 0) is 43.9 Å². The quantitative estimate of drug-likeness (QED) is 0.635. The van der Waals surface area contributed by atoms with E-state index in [0.717, 1.165) is 30.4 Å². The number of carbonyl (C=O) groups is 1. The maximum absolute atomic E-state index is 13.2. The largest absolute Gasteiger partial charge is 0.337 e. The van der Waals surface area contributed by atoms with Gasteiger partial charge in [0.15, 0.2) is 0 Å². The summed E-state index contributed by atoms with van der Waals surface area (Å²) in [7, 11) is 0. The van der Waals surface area contributed by atoms with Gasteiger partial charge in [0.1, 0.15) is 6.04 Å². The van der Waals surface area contributed by atoms with E-state index in [1.54, 1.807) is 6.07 Å². The minimum absolute atomic E-state index is 0.0424. The van der Waals surface area contributed by atoms with Crippen LogP contribution in [0.5, 0.6) is 0 Å². The van der Waals surface area contributed by atoms with Crippen LogP contribution in [0.25, 0.3) is 11.4 Å². The van der Waals surface area contributed by atoms with Gasteiger partial charge < -0.3 is 9.42 Å². The highest BCUT2D eigenvalue weighted by atomic mass is 35.5. The number of hydrogen-bond acceptors (Lipinski definition) is 4. The smallest absolute Gasteiger partial charge is 0.254 e. The van der Waals surface area contributed by atoms with E-state index >= 15 is 0 Å². The molecule has 0 aliphatic carbocycles. The Balaban J connectivity index is 1.64. The minimum Gasteiger partial charge on any atom is -0.337 e. The number of piperidine rings is 1. The molecule has 0 unspecified atom stereocenters. The topological polar surface area (TPSA) is 59.2 Å². The zero-order chi connectivity index (χ0) is 18.8. The van der Waals surface area contributed by atoms with E-state index in [1.807, 2.05) is 54.3 Å². The van der Waals surface area contributed by atoms with Crippen molar-refractivity contribution in [3.05, 3.63) is 70.6 Å². The third-order valence-corrected chi connectivity index (χ3v) is 5.43. The van der Waals surface area contributed by atoms with Crippen molar-refractivity contribution < 1.29 is 9.32 Å². The fraction of sp³-hybridized carbons (Fsp3) is 0.286. The Bertz CT molecular complexity index is 955. The number of halogens is 1. The highest BCUT2D eigenvalue weighted by Gasteiger charge is 2.33. The van der Waals surface area contributed by atoms with Crippen molar-refractivity contribution in [2.24, 2.45) is 0 Å². The van der Waals surface area contributed by atoms with Crippen molar-refractivity contribution in [3.8, 4) is 11.4 Å². The number of amides is 1. The monoisotopic (exact) mass is 381 g/mol. The number of benzene rings is 2. The molecule has 1 atom stereocenters.